The van der Waals surface area contributed by atoms with Crippen LogP contribution in [0.4, 0.5) is 0 Å². The van der Waals surface area contributed by atoms with Crippen LogP contribution in [0.5, 0.6) is 0 Å². The van der Waals surface area contributed by atoms with Gasteiger partial charge in [0.15, 0.2) is 0 Å². The van der Waals surface area contributed by atoms with Gasteiger partial charge in [-0.3, -0.25) is 4.79 Å². The topological polar surface area (TPSA) is 49.3 Å². The molecule has 1 aromatic carbocycles. The fraction of sp³-hybridized carbons (Fsp3) is 0.438. The molecule has 2 N–H and O–H groups in total. The number of aliphatic hydroxyl groups is 1. The first-order valence-electron chi connectivity index (χ1n) is 6.88. The average Bonchev–Trinajstić information content (AvgIpc) is 2.53. The molecule has 1 amide bonds. The monoisotopic (exact) mass is 321 g/mol. The first kappa shape index (κ1) is 16.3. The van der Waals surface area contributed by atoms with Crippen LogP contribution >= 0.6 is 23.5 Å². The van der Waals surface area contributed by atoms with Gasteiger partial charge in [0.05, 0.1) is 0 Å². The SMILES string of the molecule is Cc1ccc(C#CCO)cc1C(=O)NCC1CSCCS1. The molecule has 1 fully saturated rings. The van der Waals surface area contributed by atoms with Crippen LogP contribution in [-0.4, -0.2) is 46.7 Å². The Hall–Kier alpha value is -1.09. The quantitative estimate of drug-likeness (QED) is 0.835. The minimum atomic E-state index is -0.175. The van der Waals surface area contributed by atoms with Crippen LogP contribution in [0.15, 0.2) is 18.2 Å². The normalized spacial score (nSPS) is 17.7. The lowest BCUT2D eigenvalue weighted by atomic mass is 10.0. The number of rotatable bonds is 3. The summed E-state index contributed by atoms with van der Waals surface area (Å²) in [5.41, 5.74) is 2.35. The molecule has 2 rings (SSSR count). The molecule has 112 valence electrons. The number of carbonyl (C=O) groups is 1. The maximum absolute atomic E-state index is 12.3. The molecule has 1 aromatic rings. The number of amides is 1. The highest BCUT2D eigenvalue weighted by molar-refractivity contribution is 8.06. The van der Waals surface area contributed by atoms with Crippen LogP contribution < -0.4 is 5.32 Å². The van der Waals surface area contributed by atoms with Crippen LogP contribution in [0.3, 0.4) is 0 Å². The van der Waals surface area contributed by atoms with Crippen molar-refractivity contribution in [3.8, 4) is 11.8 Å². The summed E-state index contributed by atoms with van der Waals surface area (Å²) in [4.78, 5) is 12.3. The van der Waals surface area contributed by atoms with Crippen LogP contribution in [0.2, 0.25) is 0 Å². The Bertz CT molecular complexity index is 557. The van der Waals surface area contributed by atoms with E-state index in [0.717, 1.165) is 22.6 Å². The minimum Gasteiger partial charge on any atom is -0.384 e. The van der Waals surface area contributed by atoms with E-state index in [1.807, 2.05) is 42.6 Å². The molecule has 0 saturated carbocycles. The van der Waals surface area contributed by atoms with E-state index in [1.165, 1.54) is 5.75 Å². The Morgan fingerprint density at radius 1 is 1.48 bits per heavy atom. The highest BCUT2D eigenvalue weighted by Crippen LogP contribution is 2.23. The first-order valence-corrected chi connectivity index (χ1v) is 9.09. The molecule has 1 saturated heterocycles. The molecule has 0 aliphatic carbocycles. The first-order chi connectivity index (χ1) is 10.2. The molecular formula is C16H19NO2S2. The van der Waals surface area contributed by atoms with E-state index >= 15 is 0 Å². The standard InChI is InChI=1S/C16H19NO2S2/c1-12-4-5-13(3-2-6-18)9-15(12)16(19)17-10-14-11-20-7-8-21-14/h4-5,9,14,18H,6-8,10-11H2,1H3,(H,17,19). The van der Waals surface area contributed by atoms with Gasteiger partial charge in [0.1, 0.15) is 6.61 Å². The van der Waals surface area contributed by atoms with Gasteiger partial charge in [-0.1, -0.05) is 17.9 Å². The second kappa shape index (κ2) is 8.38. The Morgan fingerprint density at radius 2 is 2.33 bits per heavy atom. The number of carbonyl (C=O) groups excluding carboxylic acids is 1. The van der Waals surface area contributed by atoms with E-state index in [4.69, 9.17) is 5.11 Å². The number of benzene rings is 1. The summed E-state index contributed by atoms with van der Waals surface area (Å²) in [6, 6.07) is 5.54. The Morgan fingerprint density at radius 3 is 3.05 bits per heavy atom. The molecular weight excluding hydrogens is 302 g/mol. The van der Waals surface area contributed by atoms with E-state index in [1.54, 1.807) is 6.07 Å². The smallest absolute Gasteiger partial charge is 0.251 e. The summed E-state index contributed by atoms with van der Waals surface area (Å²) < 4.78 is 0. The number of hydrogen-bond acceptors (Lipinski definition) is 4. The lowest BCUT2D eigenvalue weighted by molar-refractivity contribution is 0.0953. The largest absolute Gasteiger partial charge is 0.384 e. The van der Waals surface area contributed by atoms with Gasteiger partial charge in [0.25, 0.3) is 5.91 Å². The van der Waals surface area contributed by atoms with Crippen LogP contribution in [-0.2, 0) is 0 Å². The molecule has 1 aliphatic rings. The van der Waals surface area contributed by atoms with E-state index in [9.17, 15) is 4.79 Å². The van der Waals surface area contributed by atoms with Crippen molar-refractivity contribution in [2.24, 2.45) is 0 Å². The third-order valence-corrected chi connectivity index (χ3v) is 6.01. The molecule has 5 heteroatoms. The Balaban J connectivity index is 2.00. The summed E-state index contributed by atoms with van der Waals surface area (Å²) in [6.07, 6.45) is 0. The van der Waals surface area contributed by atoms with E-state index in [2.05, 4.69) is 17.2 Å². The minimum absolute atomic E-state index is 0.0451. The summed E-state index contributed by atoms with van der Waals surface area (Å²) >= 11 is 3.88. The highest BCUT2D eigenvalue weighted by atomic mass is 32.2. The van der Waals surface area contributed by atoms with E-state index in [0.29, 0.717) is 17.4 Å². The van der Waals surface area contributed by atoms with Crippen molar-refractivity contribution < 1.29 is 9.90 Å². The second-order valence-electron chi connectivity index (χ2n) is 4.77. The molecule has 3 nitrogen and oxygen atoms in total. The van der Waals surface area contributed by atoms with Gasteiger partial charge in [-0.05, 0) is 24.6 Å². The number of aryl methyl sites for hydroxylation is 1. The zero-order valence-electron chi connectivity index (χ0n) is 12.0. The summed E-state index contributed by atoms with van der Waals surface area (Å²) in [6.45, 7) is 2.46. The van der Waals surface area contributed by atoms with Gasteiger partial charge in [-0.2, -0.15) is 23.5 Å². The van der Waals surface area contributed by atoms with Gasteiger partial charge in [0.2, 0.25) is 0 Å². The number of hydrogen-bond donors (Lipinski definition) is 2. The molecule has 0 bridgehead atoms. The predicted octanol–water partition coefficient (Wildman–Crippen LogP) is 1.92. The van der Waals surface area contributed by atoms with Gasteiger partial charge < -0.3 is 10.4 Å². The van der Waals surface area contributed by atoms with Gasteiger partial charge in [0, 0.05) is 40.2 Å². The average molecular weight is 321 g/mol. The third-order valence-electron chi connectivity index (χ3n) is 3.17. The lowest BCUT2D eigenvalue weighted by Crippen LogP contribution is -2.33. The van der Waals surface area contributed by atoms with Crippen molar-refractivity contribution in [2.45, 2.75) is 12.2 Å². The summed E-state index contributed by atoms with van der Waals surface area (Å²) in [7, 11) is 0. The molecule has 1 unspecified atom stereocenters. The van der Waals surface area contributed by atoms with Gasteiger partial charge in [-0.25, -0.2) is 0 Å². The molecule has 0 aromatic heterocycles. The van der Waals surface area contributed by atoms with Gasteiger partial charge >= 0.3 is 0 Å². The fourth-order valence-corrected chi connectivity index (χ4v) is 4.65. The molecule has 0 radical (unpaired) electrons. The van der Waals surface area contributed by atoms with Crippen molar-refractivity contribution in [3.63, 3.8) is 0 Å². The number of thioether (sulfide) groups is 2. The predicted molar refractivity (Wildman–Crippen MR) is 91.0 cm³/mol. The zero-order valence-corrected chi connectivity index (χ0v) is 13.6. The van der Waals surface area contributed by atoms with Gasteiger partial charge in [-0.15, -0.1) is 0 Å². The molecule has 0 spiro atoms. The molecule has 1 atom stereocenters. The fourth-order valence-electron chi connectivity index (χ4n) is 2.04. The third kappa shape index (κ3) is 4.99. The maximum atomic E-state index is 12.3. The zero-order chi connectivity index (χ0) is 15.1. The van der Waals surface area contributed by atoms with Crippen molar-refractivity contribution in [3.05, 3.63) is 34.9 Å². The van der Waals surface area contributed by atoms with Crippen LogP contribution in [0, 0.1) is 18.8 Å². The molecule has 1 heterocycles. The van der Waals surface area contributed by atoms with Crippen LogP contribution in [0.1, 0.15) is 21.5 Å². The summed E-state index contributed by atoms with van der Waals surface area (Å²) in [5.74, 6) is 8.87. The second-order valence-corrected chi connectivity index (χ2v) is 7.33. The highest BCUT2D eigenvalue weighted by Gasteiger charge is 2.16. The van der Waals surface area contributed by atoms with E-state index in [-0.39, 0.29) is 12.5 Å². The maximum Gasteiger partial charge on any atom is 0.251 e. The molecule has 21 heavy (non-hydrogen) atoms. The van der Waals surface area contributed by atoms with Crippen molar-refractivity contribution in [1.82, 2.24) is 5.32 Å². The Labute approximate surface area is 134 Å². The summed E-state index contributed by atoms with van der Waals surface area (Å²) in [5, 5.41) is 12.3. The molecule has 1 aliphatic heterocycles. The van der Waals surface area contributed by atoms with Crippen molar-refractivity contribution in [1.29, 1.82) is 0 Å². The number of aliphatic hydroxyl groups excluding tert-OH is 1. The number of nitrogens with one attached hydrogen (secondary N) is 1. The Kier molecular flexibility index (Phi) is 6.50. The lowest BCUT2D eigenvalue weighted by Gasteiger charge is -2.21. The van der Waals surface area contributed by atoms with E-state index < -0.39 is 0 Å². The van der Waals surface area contributed by atoms with Crippen molar-refractivity contribution in [2.75, 3.05) is 30.4 Å². The van der Waals surface area contributed by atoms with Crippen LogP contribution in [0.25, 0.3) is 0 Å². The van der Waals surface area contributed by atoms with Crippen molar-refractivity contribution >= 4 is 29.4 Å².